The molecule has 2 rings (SSSR count). The Labute approximate surface area is 160 Å². The Kier molecular flexibility index (Phi) is 7.85. The number of nitrogens with one attached hydrogen (secondary N) is 1. The van der Waals surface area contributed by atoms with E-state index in [4.69, 9.17) is 9.47 Å². The summed E-state index contributed by atoms with van der Waals surface area (Å²) >= 11 is 1.48. The maximum absolute atomic E-state index is 12.0. The van der Waals surface area contributed by atoms with Crippen LogP contribution in [0.1, 0.15) is 30.9 Å². The van der Waals surface area contributed by atoms with Gasteiger partial charge in [0.05, 0.1) is 20.0 Å². The van der Waals surface area contributed by atoms with Gasteiger partial charge in [0, 0.05) is 11.4 Å². The summed E-state index contributed by atoms with van der Waals surface area (Å²) in [6.07, 6.45) is 0.838. The monoisotopic (exact) mass is 373 g/mol. The molecule has 1 N–H and O–H groups in total. The fourth-order valence-corrected chi connectivity index (χ4v) is 3.28. The summed E-state index contributed by atoms with van der Waals surface area (Å²) in [6, 6.07) is 14.3. The minimum absolute atomic E-state index is 0.0311. The number of methoxy groups -OCH3 is 2. The Hall–Kier alpha value is -2.14. The molecule has 0 heterocycles. The normalized spacial score (nSPS) is 10.7. The van der Waals surface area contributed by atoms with Crippen LogP contribution in [0.3, 0.4) is 0 Å². The lowest BCUT2D eigenvalue weighted by molar-refractivity contribution is -0.118. The van der Waals surface area contributed by atoms with Gasteiger partial charge >= 0.3 is 0 Å². The van der Waals surface area contributed by atoms with Crippen molar-refractivity contribution >= 4 is 17.7 Å². The largest absolute Gasteiger partial charge is 0.493 e. The van der Waals surface area contributed by atoms with Crippen LogP contribution in [0, 0.1) is 0 Å². The summed E-state index contributed by atoms with van der Waals surface area (Å²) in [5.74, 6) is 2.30. The Balaban J connectivity index is 1.75. The molecule has 0 saturated carbocycles. The van der Waals surface area contributed by atoms with E-state index in [0.717, 1.165) is 11.3 Å². The van der Waals surface area contributed by atoms with Crippen molar-refractivity contribution in [3.8, 4) is 11.5 Å². The summed E-state index contributed by atoms with van der Waals surface area (Å²) in [5.41, 5.74) is 2.58. The van der Waals surface area contributed by atoms with Crippen LogP contribution in [-0.4, -0.2) is 32.4 Å². The Morgan fingerprint density at radius 1 is 1.04 bits per heavy atom. The molecule has 26 heavy (non-hydrogen) atoms. The number of benzene rings is 2. The van der Waals surface area contributed by atoms with E-state index in [1.807, 2.05) is 18.2 Å². The van der Waals surface area contributed by atoms with Crippen molar-refractivity contribution in [2.75, 3.05) is 26.5 Å². The highest BCUT2D eigenvalue weighted by molar-refractivity contribution is 8.00. The van der Waals surface area contributed by atoms with E-state index >= 15 is 0 Å². The van der Waals surface area contributed by atoms with Gasteiger partial charge in [-0.05, 0) is 41.7 Å². The molecule has 0 radical (unpaired) electrons. The highest BCUT2D eigenvalue weighted by Gasteiger charge is 2.07. The van der Waals surface area contributed by atoms with E-state index in [1.165, 1.54) is 22.9 Å². The van der Waals surface area contributed by atoms with Crippen molar-refractivity contribution in [3.05, 3.63) is 53.6 Å². The van der Waals surface area contributed by atoms with Gasteiger partial charge in [-0.1, -0.05) is 38.1 Å². The molecule has 140 valence electrons. The second kappa shape index (κ2) is 10.1. The van der Waals surface area contributed by atoms with Gasteiger partial charge in [0.1, 0.15) is 0 Å². The molecule has 0 aliphatic heterocycles. The molecule has 0 spiro atoms. The molecule has 0 atom stereocenters. The highest BCUT2D eigenvalue weighted by Crippen LogP contribution is 2.31. The van der Waals surface area contributed by atoms with E-state index < -0.39 is 0 Å². The summed E-state index contributed by atoms with van der Waals surface area (Å²) in [6.45, 7) is 5.02. The predicted octanol–water partition coefficient (Wildman–Crippen LogP) is 4.28. The highest BCUT2D eigenvalue weighted by atomic mass is 32.2. The maximum atomic E-state index is 12.0. The average molecular weight is 374 g/mol. The quantitative estimate of drug-likeness (QED) is 0.667. The van der Waals surface area contributed by atoms with Gasteiger partial charge in [0.2, 0.25) is 5.91 Å². The Morgan fingerprint density at radius 2 is 1.73 bits per heavy atom. The number of ether oxygens (including phenoxy) is 2. The molecule has 0 fully saturated rings. The first kappa shape index (κ1) is 20.2. The fraction of sp³-hybridized carbons (Fsp3) is 0.381. The number of amides is 1. The van der Waals surface area contributed by atoms with Crippen molar-refractivity contribution < 1.29 is 14.3 Å². The van der Waals surface area contributed by atoms with Crippen LogP contribution in [0.5, 0.6) is 11.5 Å². The first-order valence-electron chi connectivity index (χ1n) is 8.74. The van der Waals surface area contributed by atoms with Crippen LogP contribution in [0.2, 0.25) is 0 Å². The lowest BCUT2D eigenvalue weighted by atomic mass is 10.0. The number of thioether (sulfide) groups is 1. The van der Waals surface area contributed by atoms with Crippen LogP contribution in [-0.2, 0) is 11.2 Å². The molecule has 0 aliphatic rings. The van der Waals surface area contributed by atoms with Crippen LogP contribution in [0.4, 0.5) is 0 Å². The molecule has 0 saturated heterocycles. The van der Waals surface area contributed by atoms with E-state index in [9.17, 15) is 4.79 Å². The topological polar surface area (TPSA) is 47.6 Å². The minimum atomic E-state index is 0.0311. The van der Waals surface area contributed by atoms with Crippen molar-refractivity contribution in [1.82, 2.24) is 5.32 Å². The molecule has 0 bridgehead atoms. The van der Waals surface area contributed by atoms with Crippen molar-refractivity contribution in [2.24, 2.45) is 0 Å². The van der Waals surface area contributed by atoms with Crippen LogP contribution in [0.15, 0.2) is 47.4 Å². The zero-order valence-corrected chi connectivity index (χ0v) is 16.7. The lowest BCUT2D eigenvalue weighted by Crippen LogP contribution is -2.27. The second-order valence-electron chi connectivity index (χ2n) is 6.30. The molecular weight excluding hydrogens is 346 g/mol. The molecule has 0 unspecified atom stereocenters. The van der Waals surface area contributed by atoms with Gasteiger partial charge in [-0.25, -0.2) is 0 Å². The zero-order chi connectivity index (χ0) is 18.9. The first-order valence-corrected chi connectivity index (χ1v) is 9.72. The molecule has 5 heteroatoms. The molecule has 2 aromatic rings. The van der Waals surface area contributed by atoms with Gasteiger partial charge < -0.3 is 14.8 Å². The van der Waals surface area contributed by atoms with E-state index in [0.29, 0.717) is 29.7 Å². The van der Waals surface area contributed by atoms with Gasteiger partial charge in [-0.3, -0.25) is 4.79 Å². The molecule has 0 aromatic heterocycles. The number of rotatable bonds is 9. The number of carbonyl (C=O) groups excluding carboxylic acids is 1. The minimum Gasteiger partial charge on any atom is -0.493 e. The van der Waals surface area contributed by atoms with E-state index in [-0.39, 0.29) is 5.91 Å². The summed E-state index contributed by atoms with van der Waals surface area (Å²) in [5, 5.41) is 2.97. The summed E-state index contributed by atoms with van der Waals surface area (Å²) in [7, 11) is 3.21. The smallest absolute Gasteiger partial charge is 0.230 e. The van der Waals surface area contributed by atoms with Gasteiger partial charge in [-0.15, -0.1) is 11.8 Å². The van der Waals surface area contributed by atoms with E-state index in [1.54, 1.807) is 14.2 Å². The molecule has 1 amide bonds. The predicted molar refractivity (Wildman–Crippen MR) is 108 cm³/mol. The van der Waals surface area contributed by atoms with Gasteiger partial charge in [-0.2, -0.15) is 0 Å². The SMILES string of the molecule is COc1ccc(SCC(=O)NCCc2ccc(C(C)C)cc2)cc1OC. The van der Waals surface area contributed by atoms with Crippen molar-refractivity contribution in [1.29, 1.82) is 0 Å². The average Bonchev–Trinajstić information content (AvgIpc) is 2.66. The number of hydrogen-bond acceptors (Lipinski definition) is 4. The number of carbonyl (C=O) groups is 1. The number of hydrogen-bond donors (Lipinski definition) is 1. The third-order valence-corrected chi connectivity index (χ3v) is 5.10. The van der Waals surface area contributed by atoms with Gasteiger partial charge in [0.15, 0.2) is 11.5 Å². The fourth-order valence-electron chi connectivity index (χ4n) is 2.52. The zero-order valence-electron chi connectivity index (χ0n) is 15.9. The van der Waals surface area contributed by atoms with Crippen LogP contribution >= 0.6 is 11.8 Å². The van der Waals surface area contributed by atoms with Crippen molar-refractivity contribution in [3.63, 3.8) is 0 Å². The molecular formula is C21H27NO3S. The van der Waals surface area contributed by atoms with Crippen LogP contribution < -0.4 is 14.8 Å². The molecule has 2 aromatic carbocycles. The second-order valence-corrected chi connectivity index (χ2v) is 7.35. The molecule has 4 nitrogen and oxygen atoms in total. The third-order valence-electron chi connectivity index (χ3n) is 4.11. The standard InChI is InChI=1S/C21H27NO3S/c1-15(2)17-7-5-16(6-8-17)11-12-22-21(23)14-26-18-9-10-19(24-3)20(13-18)25-4/h5-10,13,15H,11-12,14H2,1-4H3,(H,22,23). The summed E-state index contributed by atoms with van der Waals surface area (Å²) in [4.78, 5) is 13.0. The first-order chi connectivity index (χ1) is 12.5. The van der Waals surface area contributed by atoms with Crippen molar-refractivity contribution in [2.45, 2.75) is 31.1 Å². The molecule has 0 aliphatic carbocycles. The van der Waals surface area contributed by atoms with E-state index in [2.05, 4.69) is 43.4 Å². The van der Waals surface area contributed by atoms with Crippen LogP contribution in [0.25, 0.3) is 0 Å². The maximum Gasteiger partial charge on any atom is 0.230 e. The Morgan fingerprint density at radius 3 is 2.35 bits per heavy atom. The third kappa shape index (κ3) is 5.99. The van der Waals surface area contributed by atoms with Gasteiger partial charge in [0.25, 0.3) is 0 Å². The lowest BCUT2D eigenvalue weighted by Gasteiger charge is -2.10. The summed E-state index contributed by atoms with van der Waals surface area (Å²) < 4.78 is 10.5. The Bertz CT molecular complexity index is 714.